The first-order valence-corrected chi connectivity index (χ1v) is 17.2. The summed E-state index contributed by atoms with van der Waals surface area (Å²) in [4.78, 5) is 43.1. The standard InChI is InChI=1S/C38H52N2O5/c1-26(2)38(4)22-12-18-31(24-38)45-36(42)32(21-20-28-13-7-5-8-14-28)39-27(3)35(41)40-33-19-11-17-30(33)23-34(40)37(43)44-25-29-15-9-6-10-16-29/h5-10,13-16,26-27,30-34,39H,11-12,17-25H2,1-4H3/t27?,30-,31-,32?,33-,34-,38?/m0/s1. The van der Waals surface area contributed by atoms with Gasteiger partial charge in [0.2, 0.25) is 5.91 Å². The van der Waals surface area contributed by atoms with Gasteiger partial charge in [-0.3, -0.25) is 14.9 Å². The molecule has 5 rings (SSSR count). The molecule has 1 heterocycles. The molecule has 244 valence electrons. The molecule has 45 heavy (non-hydrogen) atoms. The predicted octanol–water partition coefficient (Wildman–Crippen LogP) is 6.63. The molecule has 2 aliphatic carbocycles. The molecule has 7 atom stereocenters. The third-order valence-corrected chi connectivity index (χ3v) is 10.9. The van der Waals surface area contributed by atoms with Crippen molar-refractivity contribution >= 4 is 17.8 Å². The minimum absolute atomic E-state index is 0.0293. The van der Waals surface area contributed by atoms with Gasteiger partial charge in [-0.15, -0.1) is 0 Å². The first kappa shape index (κ1) is 33.2. The van der Waals surface area contributed by atoms with Gasteiger partial charge >= 0.3 is 11.9 Å². The van der Waals surface area contributed by atoms with E-state index in [0.29, 0.717) is 31.1 Å². The Morgan fingerprint density at radius 2 is 1.62 bits per heavy atom. The minimum atomic E-state index is -0.658. The topological polar surface area (TPSA) is 84.9 Å². The predicted molar refractivity (Wildman–Crippen MR) is 175 cm³/mol. The van der Waals surface area contributed by atoms with E-state index in [9.17, 15) is 14.4 Å². The van der Waals surface area contributed by atoms with E-state index >= 15 is 0 Å². The summed E-state index contributed by atoms with van der Waals surface area (Å²) >= 11 is 0. The summed E-state index contributed by atoms with van der Waals surface area (Å²) in [5, 5.41) is 3.38. The molecule has 0 bridgehead atoms. The Morgan fingerprint density at radius 1 is 0.933 bits per heavy atom. The number of benzene rings is 2. The molecule has 0 aromatic heterocycles. The molecule has 0 spiro atoms. The average Bonchev–Trinajstić information content (AvgIpc) is 3.64. The highest BCUT2D eigenvalue weighted by Gasteiger charge is 2.50. The van der Waals surface area contributed by atoms with Crippen LogP contribution in [0, 0.1) is 17.3 Å². The van der Waals surface area contributed by atoms with Crippen LogP contribution in [-0.4, -0.2) is 53.0 Å². The zero-order valence-corrected chi connectivity index (χ0v) is 27.6. The van der Waals surface area contributed by atoms with Crippen molar-refractivity contribution in [1.29, 1.82) is 0 Å². The van der Waals surface area contributed by atoms with Crippen LogP contribution in [0.5, 0.6) is 0 Å². The van der Waals surface area contributed by atoms with Crippen LogP contribution in [0.15, 0.2) is 60.7 Å². The molecule has 2 saturated carbocycles. The van der Waals surface area contributed by atoms with Crippen molar-refractivity contribution in [2.24, 2.45) is 17.3 Å². The van der Waals surface area contributed by atoms with Gasteiger partial charge in [-0.25, -0.2) is 4.79 Å². The SMILES string of the molecule is CC(NC(CCc1ccccc1)C(=O)O[C@H]1CCCC(C)(C(C)C)C1)C(=O)N1[C@H](C(=O)OCc2ccccc2)C[C@@H]2CCC[C@@H]21. The van der Waals surface area contributed by atoms with Crippen molar-refractivity contribution in [1.82, 2.24) is 10.2 Å². The number of esters is 2. The average molecular weight is 617 g/mol. The maximum Gasteiger partial charge on any atom is 0.329 e. The van der Waals surface area contributed by atoms with Crippen LogP contribution in [0.3, 0.4) is 0 Å². The highest BCUT2D eigenvalue weighted by molar-refractivity contribution is 5.89. The normalized spacial score (nSPS) is 27.5. The molecule has 1 saturated heterocycles. The summed E-state index contributed by atoms with van der Waals surface area (Å²) < 4.78 is 11.9. The number of carbonyl (C=O) groups is 3. The molecule has 3 fully saturated rings. The van der Waals surface area contributed by atoms with Gasteiger partial charge in [0, 0.05) is 6.04 Å². The number of ether oxygens (including phenoxy) is 2. The van der Waals surface area contributed by atoms with Crippen LogP contribution < -0.4 is 5.32 Å². The Bertz CT molecular complexity index is 1280. The highest BCUT2D eigenvalue weighted by atomic mass is 16.5. The first-order valence-electron chi connectivity index (χ1n) is 17.2. The van der Waals surface area contributed by atoms with Gasteiger partial charge in [-0.1, -0.05) is 87.9 Å². The zero-order chi connectivity index (χ0) is 32.0. The fourth-order valence-corrected chi connectivity index (χ4v) is 7.79. The molecule has 2 aromatic rings. The lowest BCUT2D eigenvalue weighted by atomic mass is 9.67. The molecule has 1 amide bonds. The molecule has 7 heteroatoms. The van der Waals surface area contributed by atoms with Gasteiger partial charge < -0.3 is 14.4 Å². The molecule has 7 nitrogen and oxygen atoms in total. The van der Waals surface area contributed by atoms with E-state index in [-0.39, 0.29) is 42.0 Å². The lowest BCUT2D eigenvalue weighted by Gasteiger charge is -2.41. The second-order valence-corrected chi connectivity index (χ2v) is 14.3. The van der Waals surface area contributed by atoms with Gasteiger partial charge in [0.1, 0.15) is 24.8 Å². The third kappa shape index (κ3) is 8.16. The quantitative estimate of drug-likeness (QED) is 0.270. The van der Waals surface area contributed by atoms with E-state index in [1.807, 2.05) is 55.5 Å². The third-order valence-electron chi connectivity index (χ3n) is 10.9. The number of hydrogen-bond acceptors (Lipinski definition) is 6. The number of carbonyl (C=O) groups excluding carboxylic acids is 3. The van der Waals surface area contributed by atoms with Crippen molar-refractivity contribution in [2.75, 3.05) is 0 Å². The van der Waals surface area contributed by atoms with Gasteiger partial charge in [0.25, 0.3) is 0 Å². The number of likely N-dealkylation sites (tertiary alicyclic amines) is 1. The van der Waals surface area contributed by atoms with E-state index in [2.05, 4.69) is 38.2 Å². The lowest BCUT2D eigenvalue weighted by Crippen LogP contribution is -2.55. The summed E-state index contributed by atoms with van der Waals surface area (Å²) in [6.45, 7) is 8.80. The van der Waals surface area contributed by atoms with E-state index in [1.54, 1.807) is 4.90 Å². The van der Waals surface area contributed by atoms with Gasteiger partial charge in [0.15, 0.2) is 0 Å². The smallest absolute Gasteiger partial charge is 0.329 e. The van der Waals surface area contributed by atoms with Gasteiger partial charge in [-0.2, -0.15) is 0 Å². The summed E-state index contributed by atoms with van der Waals surface area (Å²) in [5.41, 5.74) is 2.20. The molecule has 2 aromatic carbocycles. The van der Waals surface area contributed by atoms with Crippen LogP contribution in [0.4, 0.5) is 0 Å². The number of rotatable bonds is 12. The molecular formula is C38H52N2O5. The maximum absolute atomic E-state index is 14.2. The van der Waals surface area contributed by atoms with E-state index in [4.69, 9.17) is 9.47 Å². The van der Waals surface area contributed by atoms with Crippen LogP contribution >= 0.6 is 0 Å². The Hall–Kier alpha value is -3.19. The van der Waals surface area contributed by atoms with Crippen LogP contribution in [0.25, 0.3) is 0 Å². The Labute approximate surface area is 269 Å². The van der Waals surface area contributed by atoms with Crippen molar-refractivity contribution in [2.45, 2.75) is 129 Å². The number of amides is 1. The second kappa shape index (κ2) is 14.9. The molecular weight excluding hydrogens is 564 g/mol. The number of nitrogens with zero attached hydrogens (tertiary/aromatic N) is 1. The summed E-state index contributed by atoms with van der Waals surface area (Å²) in [5.74, 6) is 0.0298. The molecule has 1 aliphatic heterocycles. The zero-order valence-electron chi connectivity index (χ0n) is 27.6. The highest BCUT2D eigenvalue weighted by Crippen LogP contribution is 2.43. The number of nitrogens with one attached hydrogen (secondary N) is 1. The number of hydrogen-bond donors (Lipinski definition) is 1. The fraction of sp³-hybridized carbons (Fsp3) is 0.605. The van der Waals surface area contributed by atoms with Crippen molar-refractivity contribution in [3.05, 3.63) is 71.8 Å². The Kier molecular flexibility index (Phi) is 11.0. The maximum atomic E-state index is 14.2. The van der Waals surface area contributed by atoms with Crippen molar-refractivity contribution < 1.29 is 23.9 Å². The lowest BCUT2D eigenvalue weighted by molar-refractivity contribution is -0.158. The monoisotopic (exact) mass is 616 g/mol. The summed E-state index contributed by atoms with van der Waals surface area (Å²) in [7, 11) is 0. The first-order chi connectivity index (χ1) is 21.6. The van der Waals surface area contributed by atoms with Gasteiger partial charge in [0.05, 0.1) is 6.04 Å². The largest absolute Gasteiger partial charge is 0.461 e. The molecule has 3 unspecified atom stereocenters. The molecule has 3 aliphatic rings. The fourth-order valence-electron chi connectivity index (χ4n) is 7.79. The van der Waals surface area contributed by atoms with E-state index in [1.165, 1.54) is 0 Å². The Morgan fingerprint density at radius 3 is 2.31 bits per heavy atom. The van der Waals surface area contributed by atoms with Crippen LogP contribution in [0.2, 0.25) is 0 Å². The van der Waals surface area contributed by atoms with E-state index in [0.717, 1.165) is 56.1 Å². The number of aryl methyl sites for hydroxylation is 1. The minimum Gasteiger partial charge on any atom is -0.461 e. The van der Waals surface area contributed by atoms with Crippen molar-refractivity contribution in [3.63, 3.8) is 0 Å². The van der Waals surface area contributed by atoms with Crippen LogP contribution in [-0.2, 0) is 36.9 Å². The molecule has 0 radical (unpaired) electrons. The van der Waals surface area contributed by atoms with Crippen molar-refractivity contribution in [3.8, 4) is 0 Å². The second-order valence-electron chi connectivity index (χ2n) is 14.3. The Balaban J connectivity index is 1.28. The molecule has 1 N–H and O–H groups in total. The van der Waals surface area contributed by atoms with Gasteiger partial charge in [-0.05, 0) is 93.1 Å². The van der Waals surface area contributed by atoms with E-state index < -0.39 is 18.1 Å². The summed E-state index contributed by atoms with van der Waals surface area (Å²) in [6, 6.07) is 17.8. The van der Waals surface area contributed by atoms with Crippen LogP contribution in [0.1, 0.15) is 96.6 Å². The number of fused-ring (bicyclic) bond motifs is 1. The summed E-state index contributed by atoms with van der Waals surface area (Å²) in [6.07, 6.45) is 8.60.